The monoisotopic (exact) mass is 414 g/mol. The van der Waals surface area contributed by atoms with Crippen molar-refractivity contribution in [1.29, 1.82) is 0 Å². The van der Waals surface area contributed by atoms with Crippen LogP contribution in [0.4, 0.5) is 0 Å². The van der Waals surface area contributed by atoms with Crippen molar-refractivity contribution < 1.29 is 14.1 Å². The molecular weight excluding hydrogens is 380 g/mol. The first-order valence-corrected chi connectivity index (χ1v) is 10.7. The lowest BCUT2D eigenvalue weighted by molar-refractivity contribution is 0.0650. The van der Waals surface area contributed by atoms with E-state index in [1.54, 1.807) is 13.2 Å². The molecule has 0 saturated carbocycles. The van der Waals surface area contributed by atoms with Gasteiger partial charge in [-0.15, -0.1) is 0 Å². The predicted octanol–water partition coefficient (Wildman–Crippen LogP) is 2.91. The van der Waals surface area contributed by atoms with Gasteiger partial charge in [-0.3, -0.25) is 9.69 Å². The third-order valence-electron chi connectivity index (χ3n) is 5.62. The molecule has 3 rings (SSSR count). The van der Waals surface area contributed by atoms with Gasteiger partial charge in [0.05, 0.1) is 7.11 Å². The molecule has 1 atom stereocenters. The van der Waals surface area contributed by atoms with Crippen LogP contribution in [0, 0.1) is 12.8 Å². The van der Waals surface area contributed by atoms with E-state index in [1.165, 1.54) is 5.56 Å². The van der Waals surface area contributed by atoms with Gasteiger partial charge in [-0.1, -0.05) is 23.4 Å². The molecule has 1 saturated heterocycles. The van der Waals surface area contributed by atoms with E-state index in [1.807, 2.05) is 38.1 Å². The molecule has 7 heteroatoms. The molecule has 1 aromatic carbocycles. The summed E-state index contributed by atoms with van der Waals surface area (Å²) in [5, 5.41) is 3.94. The summed E-state index contributed by atoms with van der Waals surface area (Å²) in [4.78, 5) is 19.6. The molecule has 1 aliphatic rings. The number of carbonyl (C=O) groups excluding carboxylic acids is 1. The van der Waals surface area contributed by atoms with Crippen LogP contribution < -0.4 is 4.74 Å². The molecule has 1 amide bonds. The predicted molar refractivity (Wildman–Crippen MR) is 117 cm³/mol. The summed E-state index contributed by atoms with van der Waals surface area (Å²) in [5.74, 6) is 1.98. The Morgan fingerprint density at radius 3 is 2.80 bits per heavy atom. The average Bonchev–Trinajstić information content (AvgIpc) is 3.17. The average molecular weight is 415 g/mol. The van der Waals surface area contributed by atoms with Gasteiger partial charge >= 0.3 is 0 Å². The Morgan fingerprint density at radius 1 is 1.30 bits per heavy atom. The Hall–Kier alpha value is -2.38. The van der Waals surface area contributed by atoms with Crippen LogP contribution in [0.1, 0.15) is 34.7 Å². The number of rotatable bonds is 9. The Balaban J connectivity index is 1.65. The number of likely N-dealkylation sites (tertiary alicyclic amines) is 1. The second kappa shape index (κ2) is 10.6. The first kappa shape index (κ1) is 22.3. The number of para-hydroxylation sites is 1. The van der Waals surface area contributed by atoms with Gasteiger partial charge in [0.2, 0.25) is 0 Å². The van der Waals surface area contributed by atoms with E-state index < -0.39 is 0 Å². The summed E-state index contributed by atoms with van der Waals surface area (Å²) < 4.78 is 10.6. The Morgan fingerprint density at radius 2 is 2.10 bits per heavy atom. The molecule has 0 spiro atoms. The van der Waals surface area contributed by atoms with Gasteiger partial charge in [0.1, 0.15) is 11.5 Å². The summed E-state index contributed by atoms with van der Waals surface area (Å²) in [6.45, 7) is 6.96. The molecule has 1 aliphatic heterocycles. The van der Waals surface area contributed by atoms with Gasteiger partial charge in [0.25, 0.3) is 5.91 Å². The van der Waals surface area contributed by atoms with Gasteiger partial charge in [0, 0.05) is 44.4 Å². The van der Waals surface area contributed by atoms with Gasteiger partial charge in [0.15, 0.2) is 5.69 Å². The summed E-state index contributed by atoms with van der Waals surface area (Å²) in [5.41, 5.74) is 1.60. The third-order valence-corrected chi connectivity index (χ3v) is 5.62. The Bertz CT molecular complexity index is 820. The van der Waals surface area contributed by atoms with Crippen molar-refractivity contribution in [1.82, 2.24) is 19.9 Å². The Kier molecular flexibility index (Phi) is 7.87. The highest BCUT2D eigenvalue weighted by Gasteiger charge is 2.26. The number of amides is 1. The van der Waals surface area contributed by atoms with Crippen LogP contribution in [0.15, 0.2) is 34.9 Å². The highest BCUT2D eigenvalue weighted by molar-refractivity contribution is 5.92. The van der Waals surface area contributed by atoms with Crippen molar-refractivity contribution >= 4 is 5.91 Å². The molecule has 0 N–H and O–H groups in total. The lowest BCUT2D eigenvalue weighted by Gasteiger charge is -2.36. The minimum atomic E-state index is -0.0458. The van der Waals surface area contributed by atoms with Gasteiger partial charge in [-0.25, -0.2) is 0 Å². The molecule has 0 unspecified atom stereocenters. The molecule has 2 heterocycles. The molecule has 7 nitrogen and oxygen atoms in total. The number of piperidine rings is 1. The van der Waals surface area contributed by atoms with E-state index in [4.69, 9.17) is 9.26 Å². The van der Waals surface area contributed by atoms with Gasteiger partial charge < -0.3 is 19.1 Å². The number of ether oxygens (including phenoxy) is 1. The van der Waals surface area contributed by atoms with Crippen LogP contribution in [-0.2, 0) is 6.54 Å². The van der Waals surface area contributed by atoms with Crippen LogP contribution in [0.2, 0.25) is 0 Å². The molecule has 30 heavy (non-hydrogen) atoms. The Labute approximate surface area is 179 Å². The summed E-state index contributed by atoms with van der Waals surface area (Å²) in [6, 6.07) is 9.92. The number of nitrogens with zero attached hydrogens (tertiary/aromatic N) is 4. The number of aryl methyl sites for hydroxylation is 1. The molecule has 1 aromatic heterocycles. The number of likely N-dealkylation sites (N-methyl/N-ethyl adjacent to an activating group) is 1. The van der Waals surface area contributed by atoms with Crippen LogP contribution in [0.3, 0.4) is 0 Å². The molecule has 0 aliphatic carbocycles. The number of carbonyl (C=O) groups is 1. The van der Waals surface area contributed by atoms with Crippen molar-refractivity contribution in [3.8, 4) is 5.75 Å². The van der Waals surface area contributed by atoms with Gasteiger partial charge in [-0.2, -0.15) is 0 Å². The fourth-order valence-electron chi connectivity index (χ4n) is 4.06. The van der Waals surface area contributed by atoms with Crippen LogP contribution in [0.25, 0.3) is 0 Å². The zero-order chi connectivity index (χ0) is 21.5. The highest BCUT2D eigenvalue weighted by atomic mass is 16.5. The maximum atomic E-state index is 13.1. The van der Waals surface area contributed by atoms with E-state index in [-0.39, 0.29) is 5.91 Å². The molecule has 164 valence electrons. The number of hydrogen-bond donors (Lipinski definition) is 0. The molecule has 0 radical (unpaired) electrons. The zero-order valence-corrected chi connectivity index (χ0v) is 18.6. The number of benzene rings is 1. The second-order valence-electron chi connectivity index (χ2n) is 8.43. The lowest BCUT2D eigenvalue weighted by Crippen LogP contribution is -2.44. The summed E-state index contributed by atoms with van der Waals surface area (Å²) in [6.07, 6.45) is 2.27. The van der Waals surface area contributed by atoms with Crippen molar-refractivity contribution in [3.05, 3.63) is 47.3 Å². The number of aromatic nitrogens is 1. The maximum Gasteiger partial charge on any atom is 0.276 e. The normalized spacial score (nSPS) is 17.3. The van der Waals surface area contributed by atoms with E-state index in [0.717, 1.165) is 51.3 Å². The van der Waals surface area contributed by atoms with Crippen LogP contribution in [0.5, 0.6) is 5.75 Å². The zero-order valence-electron chi connectivity index (χ0n) is 18.6. The summed E-state index contributed by atoms with van der Waals surface area (Å²) in [7, 11) is 5.77. The summed E-state index contributed by atoms with van der Waals surface area (Å²) >= 11 is 0. The minimum Gasteiger partial charge on any atom is -0.496 e. The molecule has 1 fully saturated rings. The van der Waals surface area contributed by atoms with E-state index >= 15 is 0 Å². The lowest BCUT2D eigenvalue weighted by atomic mass is 9.96. The topological polar surface area (TPSA) is 62.1 Å². The van der Waals surface area contributed by atoms with Crippen LogP contribution >= 0.6 is 0 Å². The molecule has 0 bridgehead atoms. The van der Waals surface area contributed by atoms with Gasteiger partial charge in [-0.05, 0) is 52.4 Å². The molecule has 2 aromatic rings. The SMILES string of the molecule is COc1ccccc1CN1CCC[C@@H](CN(CCN(C)C)C(=O)c2cc(C)on2)C1. The third kappa shape index (κ3) is 6.06. The molecular formula is C23H34N4O3. The van der Waals surface area contributed by atoms with Crippen molar-refractivity contribution in [2.45, 2.75) is 26.3 Å². The van der Waals surface area contributed by atoms with Crippen molar-refractivity contribution in [2.24, 2.45) is 5.92 Å². The van der Waals surface area contributed by atoms with E-state index in [9.17, 15) is 4.79 Å². The fourth-order valence-corrected chi connectivity index (χ4v) is 4.06. The van der Waals surface area contributed by atoms with Crippen molar-refractivity contribution in [2.75, 3.05) is 53.9 Å². The maximum absolute atomic E-state index is 13.1. The van der Waals surface area contributed by atoms with E-state index in [0.29, 0.717) is 23.9 Å². The smallest absolute Gasteiger partial charge is 0.276 e. The first-order valence-electron chi connectivity index (χ1n) is 10.7. The van der Waals surface area contributed by atoms with Crippen LogP contribution in [-0.4, -0.2) is 79.7 Å². The first-order chi connectivity index (χ1) is 14.5. The van der Waals surface area contributed by atoms with Crippen molar-refractivity contribution in [3.63, 3.8) is 0 Å². The standard InChI is InChI=1S/C23H34N4O3/c1-18-14-21(24-30-18)23(28)27(13-12-25(2)3)16-19-8-7-11-26(15-19)17-20-9-5-6-10-22(20)29-4/h5-6,9-10,14,19H,7-8,11-13,15-17H2,1-4H3/t19-/m1/s1. The minimum absolute atomic E-state index is 0.0458. The highest BCUT2D eigenvalue weighted by Crippen LogP contribution is 2.24. The number of methoxy groups -OCH3 is 1. The van der Waals surface area contributed by atoms with E-state index in [2.05, 4.69) is 27.1 Å². The largest absolute Gasteiger partial charge is 0.496 e. The quantitative estimate of drug-likeness (QED) is 0.629. The fraction of sp³-hybridized carbons (Fsp3) is 0.565. The second-order valence-corrected chi connectivity index (χ2v) is 8.43. The number of hydrogen-bond acceptors (Lipinski definition) is 6.